The number of hydrogen-bond acceptors (Lipinski definition) is 6. The van der Waals surface area contributed by atoms with Crippen LogP contribution in [0.4, 0.5) is 0 Å². The maximum absolute atomic E-state index is 12.8. The van der Waals surface area contributed by atoms with Crippen LogP contribution >= 0.6 is 0 Å². The first kappa shape index (κ1) is 62.4. The van der Waals surface area contributed by atoms with Gasteiger partial charge in [0, 0.05) is 19.3 Å². The van der Waals surface area contributed by atoms with Crippen LogP contribution in [0.2, 0.25) is 0 Å². The third kappa shape index (κ3) is 51.4. The molecule has 0 bridgehead atoms. The molecule has 0 aliphatic rings. The number of esters is 3. The first-order valence-electron chi connectivity index (χ1n) is 28.7. The molecule has 6 nitrogen and oxygen atoms in total. The van der Waals surface area contributed by atoms with E-state index in [9.17, 15) is 14.4 Å². The van der Waals surface area contributed by atoms with Crippen molar-refractivity contribution in [2.75, 3.05) is 13.2 Å². The van der Waals surface area contributed by atoms with Crippen molar-refractivity contribution in [3.63, 3.8) is 0 Å². The van der Waals surface area contributed by atoms with E-state index in [0.717, 1.165) is 69.6 Å². The summed E-state index contributed by atoms with van der Waals surface area (Å²) in [5.41, 5.74) is 0. The van der Waals surface area contributed by atoms with Crippen LogP contribution in [-0.2, 0) is 28.6 Å². The first-order valence-corrected chi connectivity index (χ1v) is 28.7. The minimum atomic E-state index is -0.762. The van der Waals surface area contributed by atoms with Crippen LogP contribution in [0.25, 0.3) is 0 Å². The van der Waals surface area contributed by atoms with Gasteiger partial charge < -0.3 is 14.2 Å². The van der Waals surface area contributed by atoms with Crippen LogP contribution in [0.15, 0.2) is 0 Å². The summed E-state index contributed by atoms with van der Waals surface area (Å²) in [6.07, 6.45) is 53.8. The van der Waals surface area contributed by atoms with Gasteiger partial charge in [-0.05, 0) is 31.1 Å². The summed E-state index contributed by atoms with van der Waals surface area (Å²) in [6.45, 7) is 11.4. The number of carbonyl (C=O) groups is 3. The Hall–Kier alpha value is -1.59. The zero-order chi connectivity index (χ0) is 46.8. The molecule has 380 valence electrons. The van der Waals surface area contributed by atoms with E-state index in [1.165, 1.54) is 212 Å². The molecule has 0 amide bonds. The van der Waals surface area contributed by atoms with Gasteiger partial charge in [-0.3, -0.25) is 14.4 Å². The first-order chi connectivity index (χ1) is 31.2. The Kier molecular flexibility index (Phi) is 49.6. The lowest BCUT2D eigenvalue weighted by molar-refractivity contribution is -0.167. The van der Waals surface area contributed by atoms with Gasteiger partial charge in [0.25, 0.3) is 0 Å². The second-order valence-electron chi connectivity index (χ2n) is 20.9. The number of rotatable bonds is 52. The Balaban J connectivity index is 4.23. The molecule has 0 aromatic heterocycles. The van der Waals surface area contributed by atoms with Gasteiger partial charge >= 0.3 is 17.9 Å². The molecule has 0 fully saturated rings. The zero-order valence-electron chi connectivity index (χ0n) is 43.9. The third-order valence-corrected chi connectivity index (χ3v) is 13.2. The number of unbranched alkanes of at least 4 members (excludes halogenated alkanes) is 37. The minimum Gasteiger partial charge on any atom is -0.462 e. The smallest absolute Gasteiger partial charge is 0.306 e. The fraction of sp³-hybridized carbons (Fsp3) is 0.948. The largest absolute Gasteiger partial charge is 0.462 e. The molecule has 0 spiro atoms. The molecule has 64 heavy (non-hydrogen) atoms. The molecule has 6 heteroatoms. The standard InChI is InChI=1S/C58H112O6/c1-6-7-8-9-10-11-21-30-35-40-45-50-58(61)64-55(52-63-57(60)49-44-39-34-29-25-20-16-18-23-27-32-37-42-47-54(4)5)51-62-56(59)48-43-38-33-28-24-19-15-13-12-14-17-22-26-31-36-41-46-53(2)3/h53-55H,6-52H2,1-5H3/t55-/m0/s1. The number of carbonyl (C=O) groups excluding carboxylic acids is 3. The minimum absolute atomic E-state index is 0.0626. The normalized spacial score (nSPS) is 12.0. The predicted octanol–water partition coefficient (Wildman–Crippen LogP) is 18.9. The van der Waals surface area contributed by atoms with Crippen molar-refractivity contribution >= 4 is 17.9 Å². The Bertz CT molecular complexity index is 978. The lowest BCUT2D eigenvalue weighted by Crippen LogP contribution is -2.30. The summed E-state index contributed by atoms with van der Waals surface area (Å²) >= 11 is 0. The van der Waals surface area contributed by atoms with Gasteiger partial charge in [0.2, 0.25) is 0 Å². The molecule has 0 aromatic carbocycles. The monoisotopic (exact) mass is 905 g/mol. The van der Waals surface area contributed by atoms with Gasteiger partial charge in [0.15, 0.2) is 6.10 Å². The van der Waals surface area contributed by atoms with E-state index in [0.29, 0.717) is 19.3 Å². The maximum atomic E-state index is 12.8. The quantitative estimate of drug-likeness (QED) is 0.0344. The molecular formula is C58H112O6. The SMILES string of the molecule is CCCCCCCCCCCCCC(=O)O[C@@H](COC(=O)CCCCCCCCCCCCCCCCCCC(C)C)COC(=O)CCCCCCCCCCCCCCCC(C)C. The van der Waals surface area contributed by atoms with E-state index in [-0.39, 0.29) is 31.1 Å². The molecule has 0 radical (unpaired) electrons. The van der Waals surface area contributed by atoms with Crippen LogP contribution in [0.1, 0.15) is 324 Å². The lowest BCUT2D eigenvalue weighted by Gasteiger charge is -2.18. The van der Waals surface area contributed by atoms with Gasteiger partial charge in [-0.2, -0.15) is 0 Å². The van der Waals surface area contributed by atoms with Crippen molar-refractivity contribution < 1.29 is 28.6 Å². The summed E-state index contributed by atoms with van der Waals surface area (Å²) < 4.78 is 16.9. The van der Waals surface area contributed by atoms with Crippen LogP contribution in [0.5, 0.6) is 0 Å². The Morgan fingerprint density at radius 3 is 0.766 bits per heavy atom. The Morgan fingerprint density at radius 2 is 0.516 bits per heavy atom. The van der Waals surface area contributed by atoms with Gasteiger partial charge in [-0.25, -0.2) is 0 Å². The summed E-state index contributed by atoms with van der Waals surface area (Å²) in [4.78, 5) is 38.1. The number of hydrogen-bond donors (Lipinski definition) is 0. The van der Waals surface area contributed by atoms with Crippen molar-refractivity contribution in [3.8, 4) is 0 Å². The fourth-order valence-corrected chi connectivity index (χ4v) is 8.87. The molecule has 0 aromatic rings. The highest BCUT2D eigenvalue weighted by atomic mass is 16.6. The summed E-state index contributed by atoms with van der Waals surface area (Å²) in [5.74, 6) is 0.852. The molecule has 0 rings (SSSR count). The van der Waals surface area contributed by atoms with E-state index in [1.54, 1.807) is 0 Å². The van der Waals surface area contributed by atoms with E-state index in [2.05, 4.69) is 34.6 Å². The van der Waals surface area contributed by atoms with Crippen LogP contribution in [0, 0.1) is 11.8 Å². The molecule has 0 N–H and O–H groups in total. The van der Waals surface area contributed by atoms with E-state index < -0.39 is 6.10 Å². The van der Waals surface area contributed by atoms with Crippen molar-refractivity contribution in [1.29, 1.82) is 0 Å². The average molecular weight is 906 g/mol. The van der Waals surface area contributed by atoms with Gasteiger partial charge in [0.05, 0.1) is 0 Å². The van der Waals surface area contributed by atoms with Crippen LogP contribution in [-0.4, -0.2) is 37.2 Å². The van der Waals surface area contributed by atoms with Crippen molar-refractivity contribution in [2.24, 2.45) is 11.8 Å². The van der Waals surface area contributed by atoms with Crippen LogP contribution < -0.4 is 0 Å². The fourth-order valence-electron chi connectivity index (χ4n) is 8.87. The number of ether oxygens (including phenoxy) is 3. The summed E-state index contributed by atoms with van der Waals surface area (Å²) in [7, 11) is 0. The topological polar surface area (TPSA) is 78.9 Å². The Morgan fingerprint density at radius 1 is 0.297 bits per heavy atom. The highest BCUT2D eigenvalue weighted by Gasteiger charge is 2.19. The Labute approximate surface area is 399 Å². The molecule has 0 unspecified atom stereocenters. The van der Waals surface area contributed by atoms with E-state index in [4.69, 9.17) is 14.2 Å². The van der Waals surface area contributed by atoms with E-state index in [1.807, 2.05) is 0 Å². The summed E-state index contributed by atoms with van der Waals surface area (Å²) in [6, 6.07) is 0. The molecule has 0 heterocycles. The lowest BCUT2D eigenvalue weighted by atomic mass is 10.0. The van der Waals surface area contributed by atoms with Crippen molar-refractivity contribution in [1.82, 2.24) is 0 Å². The maximum Gasteiger partial charge on any atom is 0.306 e. The molecule has 0 saturated carbocycles. The molecule has 0 aliphatic heterocycles. The van der Waals surface area contributed by atoms with Crippen molar-refractivity contribution in [2.45, 2.75) is 330 Å². The highest BCUT2D eigenvalue weighted by molar-refractivity contribution is 5.71. The second-order valence-corrected chi connectivity index (χ2v) is 20.9. The van der Waals surface area contributed by atoms with Crippen molar-refractivity contribution in [3.05, 3.63) is 0 Å². The van der Waals surface area contributed by atoms with Gasteiger partial charge in [-0.15, -0.1) is 0 Å². The third-order valence-electron chi connectivity index (χ3n) is 13.2. The predicted molar refractivity (Wildman–Crippen MR) is 275 cm³/mol. The highest BCUT2D eigenvalue weighted by Crippen LogP contribution is 2.18. The summed E-state index contributed by atoms with van der Waals surface area (Å²) in [5, 5.41) is 0. The van der Waals surface area contributed by atoms with Crippen LogP contribution in [0.3, 0.4) is 0 Å². The molecule has 0 aliphatic carbocycles. The average Bonchev–Trinajstić information content (AvgIpc) is 3.27. The van der Waals surface area contributed by atoms with Gasteiger partial charge in [0.1, 0.15) is 13.2 Å². The second kappa shape index (κ2) is 50.8. The van der Waals surface area contributed by atoms with Gasteiger partial charge in [-0.1, -0.05) is 285 Å². The molecule has 1 atom stereocenters. The van der Waals surface area contributed by atoms with E-state index >= 15 is 0 Å². The molecular weight excluding hydrogens is 793 g/mol. The zero-order valence-corrected chi connectivity index (χ0v) is 43.9. The molecule has 0 saturated heterocycles.